The minimum Gasteiger partial charge on any atom is -0.352 e. The van der Waals surface area contributed by atoms with Gasteiger partial charge in [0.05, 0.1) is 12.0 Å². The molecule has 2 heterocycles. The van der Waals surface area contributed by atoms with Gasteiger partial charge in [0.25, 0.3) is 0 Å². The maximum atomic E-state index is 11.8. The minimum atomic E-state index is -0.367. The molecule has 0 spiro atoms. The fourth-order valence-corrected chi connectivity index (χ4v) is 2.97. The van der Waals surface area contributed by atoms with Crippen molar-refractivity contribution in [2.24, 2.45) is 11.8 Å². The Balaban J connectivity index is 2.36. The smallest absolute Gasteiger partial charge is 0.145 e. The standard InChI is InChI=1S/C10H14O2S/c1-6-8-4-5-10(12-8,13-3)7(2)9(6)11/h4-8H,1-3H3/t6-,7-,8+,10-/m0/s1. The van der Waals surface area contributed by atoms with Crippen LogP contribution in [0.4, 0.5) is 0 Å². The van der Waals surface area contributed by atoms with Gasteiger partial charge in [-0.25, -0.2) is 0 Å². The lowest BCUT2D eigenvalue weighted by Gasteiger charge is -2.39. The van der Waals surface area contributed by atoms with Crippen LogP contribution in [-0.4, -0.2) is 23.1 Å². The zero-order chi connectivity index (χ0) is 9.64. The summed E-state index contributed by atoms with van der Waals surface area (Å²) in [4.78, 5) is 11.4. The van der Waals surface area contributed by atoms with E-state index in [1.165, 1.54) is 0 Å². The molecule has 0 radical (unpaired) electrons. The Bertz CT molecular complexity index is 274. The second-order valence-corrected chi connectivity index (χ2v) is 4.83. The predicted octanol–water partition coefficient (Wildman–Crippen LogP) is 1.86. The maximum absolute atomic E-state index is 11.8. The van der Waals surface area contributed by atoms with E-state index in [9.17, 15) is 4.79 Å². The average molecular weight is 198 g/mol. The molecule has 2 aliphatic rings. The molecule has 0 aromatic carbocycles. The van der Waals surface area contributed by atoms with Crippen molar-refractivity contribution in [3.8, 4) is 0 Å². The Labute approximate surface area is 82.7 Å². The molecule has 2 nitrogen and oxygen atoms in total. The molecule has 13 heavy (non-hydrogen) atoms. The highest BCUT2D eigenvalue weighted by Gasteiger charge is 2.51. The lowest BCUT2D eigenvalue weighted by Crippen LogP contribution is -2.47. The highest BCUT2D eigenvalue weighted by atomic mass is 32.2. The molecule has 1 fully saturated rings. The van der Waals surface area contributed by atoms with E-state index in [0.717, 1.165) is 0 Å². The Kier molecular flexibility index (Phi) is 2.04. The molecule has 1 saturated heterocycles. The van der Waals surface area contributed by atoms with Gasteiger partial charge < -0.3 is 4.74 Å². The number of ether oxygens (including phenoxy) is 1. The van der Waals surface area contributed by atoms with Gasteiger partial charge >= 0.3 is 0 Å². The third-order valence-electron chi connectivity index (χ3n) is 3.13. The van der Waals surface area contributed by atoms with Crippen LogP contribution in [0, 0.1) is 11.8 Å². The molecule has 72 valence electrons. The van der Waals surface area contributed by atoms with E-state index < -0.39 is 0 Å². The van der Waals surface area contributed by atoms with Gasteiger partial charge in [-0.1, -0.05) is 19.9 Å². The molecule has 2 rings (SSSR count). The van der Waals surface area contributed by atoms with Crippen molar-refractivity contribution in [2.45, 2.75) is 24.9 Å². The van der Waals surface area contributed by atoms with Crippen molar-refractivity contribution in [1.82, 2.24) is 0 Å². The summed E-state index contributed by atoms with van der Waals surface area (Å²) in [5.74, 6) is 0.331. The van der Waals surface area contributed by atoms with Crippen molar-refractivity contribution in [2.75, 3.05) is 6.26 Å². The summed E-state index contributed by atoms with van der Waals surface area (Å²) in [5.41, 5.74) is 0. The van der Waals surface area contributed by atoms with Crippen molar-refractivity contribution in [3.05, 3.63) is 12.2 Å². The molecule has 2 aliphatic heterocycles. The molecule has 4 atom stereocenters. The summed E-state index contributed by atoms with van der Waals surface area (Å²) in [6, 6.07) is 0. The van der Waals surface area contributed by atoms with Crippen LogP contribution in [0.1, 0.15) is 13.8 Å². The Morgan fingerprint density at radius 1 is 1.54 bits per heavy atom. The Hall–Kier alpha value is -0.280. The summed E-state index contributed by atoms with van der Waals surface area (Å²) in [6.45, 7) is 3.91. The Morgan fingerprint density at radius 3 is 2.85 bits per heavy atom. The van der Waals surface area contributed by atoms with Gasteiger partial charge in [-0.2, -0.15) is 0 Å². The summed E-state index contributed by atoms with van der Waals surface area (Å²) < 4.78 is 5.86. The normalized spacial score (nSPS) is 48.5. The van der Waals surface area contributed by atoms with Crippen molar-refractivity contribution in [3.63, 3.8) is 0 Å². The molecule has 0 unspecified atom stereocenters. The summed E-state index contributed by atoms with van der Waals surface area (Å²) in [5, 5.41) is 0. The van der Waals surface area contributed by atoms with Gasteiger partial charge in [-0.05, 0) is 12.3 Å². The molecule has 0 N–H and O–H groups in total. The lowest BCUT2D eigenvalue weighted by atomic mass is 9.87. The molecule has 0 aliphatic carbocycles. The second-order valence-electron chi connectivity index (χ2n) is 3.78. The van der Waals surface area contributed by atoms with Gasteiger partial charge in [-0.3, -0.25) is 4.79 Å². The lowest BCUT2D eigenvalue weighted by molar-refractivity contribution is -0.146. The van der Waals surface area contributed by atoms with Crippen LogP contribution in [0.2, 0.25) is 0 Å². The monoisotopic (exact) mass is 198 g/mol. The molecule has 0 aromatic heterocycles. The fourth-order valence-electron chi connectivity index (χ4n) is 2.08. The highest BCUT2D eigenvalue weighted by Crippen LogP contribution is 2.46. The zero-order valence-corrected chi connectivity index (χ0v) is 8.93. The number of rotatable bonds is 1. The number of ketones is 1. The van der Waals surface area contributed by atoms with E-state index in [4.69, 9.17) is 4.74 Å². The molecular formula is C10H14O2S. The van der Waals surface area contributed by atoms with Crippen LogP contribution < -0.4 is 0 Å². The number of fused-ring (bicyclic) bond motifs is 2. The third-order valence-corrected chi connectivity index (χ3v) is 4.35. The molecule has 0 amide bonds. The maximum Gasteiger partial charge on any atom is 0.145 e. The predicted molar refractivity (Wildman–Crippen MR) is 53.6 cm³/mol. The fraction of sp³-hybridized carbons (Fsp3) is 0.700. The van der Waals surface area contributed by atoms with Gasteiger partial charge in [0.1, 0.15) is 10.7 Å². The van der Waals surface area contributed by atoms with Crippen LogP contribution >= 0.6 is 11.8 Å². The van der Waals surface area contributed by atoms with Gasteiger partial charge in [0, 0.05) is 5.92 Å². The number of carbonyl (C=O) groups is 1. The SMILES string of the molecule is CS[C@]12C=C[C@@H](O1)[C@H](C)C(=O)[C@@H]2C. The van der Waals surface area contributed by atoms with Gasteiger partial charge in [0.2, 0.25) is 0 Å². The van der Waals surface area contributed by atoms with E-state index in [1.807, 2.05) is 26.2 Å². The van der Waals surface area contributed by atoms with Crippen LogP contribution in [0.3, 0.4) is 0 Å². The van der Waals surface area contributed by atoms with E-state index in [2.05, 4.69) is 6.08 Å². The summed E-state index contributed by atoms with van der Waals surface area (Å²) >= 11 is 1.62. The molecular weight excluding hydrogens is 184 g/mol. The summed E-state index contributed by atoms with van der Waals surface area (Å²) in [6.07, 6.45) is 6.08. The van der Waals surface area contributed by atoms with Crippen LogP contribution in [0.15, 0.2) is 12.2 Å². The van der Waals surface area contributed by atoms with Gasteiger partial charge in [-0.15, -0.1) is 11.8 Å². The summed E-state index contributed by atoms with van der Waals surface area (Å²) in [7, 11) is 0. The van der Waals surface area contributed by atoms with Crippen molar-refractivity contribution >= 4 is 17.5 Å². The first kappa shape index (κ1) is 9.28. The number of carbonyl (C=O) groups excluding carboxylic acids is 1. The van der Waals surface area contributed by atoms with Crippen LogP contribution in [0.5, 0.6) is 0 Å². The quantitative estimate of drug-likeness (QED) is 0.601. The minimum absolute atomic E-state index is 0.0103. The zero-order valence-electron chi connectivity index (χ0n) is 8.11. The number of hydrogen-bond acceptors (Lipinski definition) is 3. The van der Waals surface area contributed by atoms with Crippen LogP contribution in [0.25, 0.3) is 0 Å². The first-order chi connectivity index (χ1) is 6.10. The van der Waals surface area contributed by atoms with E-state index in [-0.39, 0.29) is 22.9 Å². The second kappa shape index (κ2) is 2.85. The molecule has 0 saturated carbocycles. The molecule has 0 aromatic rings. The number of hydrogen-bond donors (Lipinski definition) is 0. The first-order valence-corrected chi connectivity index (χ1v) is 5.79. The topological polar surface area (TPSA) is 26.3 Å². The van der Waals surface area contributed by atoms with Gasteiger partial charge in [0.15, 0.2) is 0 Å². The average Bonchev–Trinajstić information content (AvgIpc) is 2.55. The molecule has 2 bridgehead atoms. The third kappa shape index (κ3) is 1.10. The van der Waals surface area contributed by atoms with Crippen molar-refractivity contribution < 1.29 is 9.53 Å². The van der Waals surface area contributed by atoms with E-state index >= 15 is 0 Å². The number of thioether (sulfide) groups is 1. The highest BCUT2D eigenvalue weighted by molar-refractivity contribution is 8.00. The van der Waals surface area contributed by atoms with E-state index in [0.29, 0.717) is 5.78 Å². The Morgan fingerprint density at radius 2 is 2.23 bits per heavy atom. The number of Topliss-reactive ketones (excluding diaryl/α,β-unsaturated/α-hetero) is 1. The van der Waals surface area contributed by atoms with Crippen molar-refractivity contribution in [1.29, 1.82) is 0 Å². The first-order valence-electron chi connectivity index (χ1n) is 4.57. The van der Waals surface area contributed by atoms with E-state index in [1.54, 1.807) is 11.8 Å². The largest absolute Gasteiger partial charge is 0.352 e. The van der Waals surface area contributed by atoms with Crippen LogP contribution in [-0.2, 0) is 9.53 Å². The molecule has 3 heteroatoms.